The molecule has 1 heterocycles. The van der Waals surface area contributed by atoms with Crippen LogP contribution in [0.1, 0.15) is 6.92 Å². The van der Waals surface area contributed by atoms with Gasteiger partial charge in [-0.25, -0.2) is 0 Å². The van der Waals surface area contributed by atoms with Gasteiger partial charge < -0.3 is 15.5 Å². The average Bonchev–Trinajstić information content (AvgIpc) is 2.26. The molecule has 0 aromatic carbocycles. The van der Waals surface area contributed by atoms with Gasteiger partial charge in [0, 0.05) is 26.8 Å². The fourth-order valence-corrected chi connectivity index (χ4v) is 2.03. The van der Waals surface area contributed by atoms with E-state index in [0.717, 1.165) is 10.2 Å². The average molecular weight is 301 g/mol. The molecule has 1 amide bonds. The number of carbonyl (C=O) groups excluding carboxylic acids is 1. The van der Waals surface area contributed by atoms with E-state index in [1.165, 1.54) is 0 Å². The Bertz CT molecular complexity index is 388. The Morgan fingerprint density at radius 1 is 1.47 bits per heavy atom. The Hall–Kier alpha value is -1.30. The summed E-state index contributed by atoms with van der Waals surface area (Å²) in [5, 5.41) is 0. The molecular formula is C11H17BrN4O. The minimum Gasteiger partial charge on any atom is -0.396 e. The zero-order valence-electron chi connectivity index (χ0n) is 10.3. The molecule has 0 saturated heterocycles. The molecule has 1 aromatic rings. The number of nitrogens with two attached hydrogens (primary N) is 1. The first-order chi connectivity index (χ1) is 7.97. The number of likely N-dealkylation sites (N-methyl/N-ethyl adjacent to an activating group) is 2. The Morgan fingerprint density at radius 2 is 2.12 bits per heavy atom. The van der Waals surface area contributed by atoms with Crippen LogP contribution in [0.5, 0.6) is 0 Å². The quantitative estimate of drug-likeness (QED) is 0.911. The Kier molecular flexibility index (Phi) is 4.74. The van der Waals surface area contributed by atoms with Crippen molar-refractivity contribution in [3.63, 3.8) is 0 Å². The molecule has 5 nitrogen and oxygen atoms in total. The Balaban J connectivity index is 2.98. The van der Waals surface area contributed by atoms with Crippen LogP contribution >= 0.6 is 15.9 Å². The normalized spacial score (nSPS) is 10.1. The van der Waals surface area contributed by atoms with Crippen molar-refractivity contribution < 1.29 is 4.79 Å². The standard InChI is InChI=1S/C11H17BrN4O/c1-4-16(7-10(17)15(2)3)11-8(12)5-14-6-9(11)13/h5-6H,4,7,13H2,1-3H3. The molecule has 0 radical (unpaired) electrons. The van der Waals surface area contributed by atoms with Crippen LogP contribution in [0.3, 0.4) is 0 Å². The highest BCUT2D eigenvalue weighted by molar-refractivity contribution is 9.10. The molecule has 6 heteroatoms. The van der Waals surface area contributed by atoms with Crippen molar-refractivity contribution in [1.29, 1.82) is 0 Å². The van der Waals surface area contributed by atoms with E-state index < -0.39 is 0 Å². The summed E-state index contributed by atoms with van der Waals surface area (Å²) >= 11 is 3.41. The molecule has 1 rings (SSSR count). The second kappa shape index (κ2) is 5.86. The van der Waals surface area contributed by atoms with E-state index in [1.54, 1.807) is 31.4 Å². The maximum Gasteiger partial charge on any atom is 0.241 e. The van der Waals surface area contributed by atoms with Crippen LogP contribution in [0.25, 0.3) is 0 Å². The Labute approximate surface area is 110 Å². The highest BCUT2D eigenvalue weighted by Crippen LogP contribution is 2.30. The third-order valence-corrected chi connectivity index (χ3v) is 3.00. The zero-order chi connectivity index (χ0) is 13.0. The van der Waals surface area contributed by atoms with Crippen LogP contribution in [-0.2, 0) is 4.79 Å². The lowest BCUT2D eigenvalue weighted by molar-refractivity contribution is -0.127. The largest absolute Gasteiger partial charge is 0.396 e. The summed E-state index contributed by atoms with van der Waals surface area (Å²) < 4.78 is 0.797. The number of hydrogen-bond donors (Lipinski definition) is 1. The van der Waals surface area contributed by atoms with Crippen molar-refractivity contribution in [1.82, 2.24) is 9.88 Å². The summed E-state index contributed by atoms with van der Waals surface area (Å²) in [6, 6.07) is 0. The van der Waals surface area contributed by atoms with Gasteiger partial charge in [0.25, 0.3) is 0 Å². The molecule has 0 fully saturated rings. The van der Waals surface area contributed by atoms with Crippen LogP contribution < -0.4 is 10.6 Å². The minimum atomic E-state index is 0.0370. The summed E-state index contributed by atoms with van der Waals surface area (Å²) in [6.07, 6.45) is 3.26. The predicted octanol–water partition coefficient (Wildman–Crippen LogP) is 1.34. The van der Waals surface area contributed by atoms with Gasteiger partial charge in [-0.3, -0.25) is 9.78 Å². The van der Waals surface area contributed by atoms with E-state index in [9.17, 15) is 4.79 Å². The highest BCUT2D eigenvalue weighted by atomic mass is 79.9. The number of carbonyl (C=O) groups is 1. The van der Waals surface area contributed by atoms with Gasteiger partial charge in [-0.2, -0.15) is 0 Å². The Morgan fingerprint density at radius 3 is 2.59 bits per heavy atom. The van der Waals surface area contributed by atoms with Crippen molar-refractivity contribution in [3.8, 4) is 0 Å². The smallest absolute Gasteiger partial charge is 0.241 e. The number of pyridine rings is 1. The third-order valence-electron chi connectivity index (χ3n) is 2.42. The van der Waals surface area contributed by atoms with Gasteiger partial charge in [-0.05, 0) is 22.9 Å². The number of hydrogen-bond acceptors (Lipinski definition) is 4. The summed E-state index contributed by atoms with van der Waals surface area (Å²) in [5.41, 5.74) is 7.27. The molecule has 0 saturated carbocycles. The number of aromatic nitrogens is 1. The first-order valence-corrected chi connectivity index (χ1v) is 6.10. The number of halogens is 1. The van der Waals surface area contributed by atoms with Gasteiger partial charge in [0.2, 0.25) is 5.91 Å². The maximum atomic E-state index is 11.7. The molecule has 17 heavy (non-hydrogen) atoms. The van der Waals surface area contributed by atoms with Gasteiger partial charge in [-0.15, -0.1) is 0 Å². The van der Waals surface area contributed by atoms with Crippen molar-refractivity contribution in [3.05, 3.63) is 16.9 Å². The monoisotopic (exact) mass is 300 g/mol. The van der Waals surface area contributed by atoms with Gasteiger partial charge in [0.05, 0.1) is 28.6 Å². The molecular weight excluding hydrogens is 284 g/mol. The second-order valence-corrected chi connectivity index (χ2v) is 4.72. The maximum absolute atomic E-state index is 11.7. The van der Waals surface area contributed by atoms with Crippen molar-refractivity contribution in [2.24, 2.45) is 0 Å². The number of anilines is 2. The lowest BCUT2D eigenvalue weighted by Crippen LogP contribution is -2.37. The number of rotatable bonds is 4. The van der Waals surface area contributed by atoms with Gasteiger partial charge in [0.15, 0.2) is 0 Å². The van der Waals surface area contributed by atoms with E-state index in [1.807, 2.05) is 11.8 Å². The van der Waals surface area contributed by atoms with Gasteiger partial charge >= 0.3 is 0 Å². The van der Waals surface area contributed by atoms with E-state index >= 15 is 0 Å². The summed E-state index contributed by atoms with van der Waals surface area (Å²) in [7, 11) is 3.47. The van der Waals surface area contributed by atoms with E-state index in [2.05, 4.69) is 20.9 Å². The SMILES string of the molecule is CCN(CC(=O)N(C)C)c1c(N)cncc1Br. The van der Waals surface area contributed by atoms with E-state index in [4.69, 9.17) is 5.73 Å². The molecule has 1 aromatic heterocycles. The summed E-state index contributed by atoms with van der Waals surface area (Å²) in [5.74, 6) is 0.0370. The van der Waals surface area contributed by atoms with Crippen molar-refractivity contribution in [2.75, 3.05) is 37.8 Å². The molecule has 0 bridgehead atoms. The van der Waals surface area contributed by atoms with E-state index in [0.29, 0.717) is 18.8 Å². The molecule has 94 valence electrons. The van der Waals surface area contributed by atoms with E-state index in [-0.39, 0.29) is 5.91 Å². The van der Waals surface area contributed by atoms with Crippen molar-refractivity contribution in [2.45, 2.75) is 6.92 Å². The predicted molar refractivity (Wildman–Crippen MR) is 72.9 cm³/mol. The minimum absolute atomic E-state index is 0.0370. The number of nitrogen functional groups attached to an aromatic ring is 1. The number of amides is 1. The number of nitrogens with zero attached hydrogens (tertiary/aromatic N) is 3. The van der Waals surface area contributed by atoms with Crippen molar-refractivity contribution >= 4 is 33.2 Å². The molecule has 0 aliphatic carbocycles. The fourth-order valence-electron chi connectivity index (χ4n) is 1.43. The topological polar surface area (TPSA) is 62.5 Å². The molecule has 0 aliphatic heterocycles. The molecule has 0 atom stereocenters. The summed E-state index contributed by atoms with van der Waals surface area (Å²) in [6.45, 7) is 2.98. The fraction of sp³-hybridized carbons (Fsp3) is 0.455. The molecule has 2 N–H and O–H groups in total. The second-order valence-electron chi connectivity index (χ2n) is 3.86. The van der Waals surface area contributed by atoms with Gasteiger partial charge in [0.1, 0.15) is 0 Å². The van der Waals surface area contributed by atoms with Crippen LogP contribution in [0.2, 0.25) is 0 Å². The molecule has 0 unspecified atom stereocenters. The van der Waals surface area contributed by atoms with Crippen LogP contribution in [0, 0.1) is 0 Å². The lowest BCUT2D eigenvalue weighted by atomic mass is 10.3. The lowest BCUT2D eigenvalue weighted by Gasteiger charge is -2.26. The first kappa shape index (κ1) is 13.8. The summed E-state index contributed by atoms with van der Waals surface area (Å²) in [4.78, 5) is 19.2. The highest BCUT2D eigenvalue weighted by Gasteiger charge is 2.16. The molecule has 0 spiro atoms. The third kappa shape index (κ3) is 3.33. The van der Waals surface area contributed by atoms with Gasteiger partial charge in [-0.1, -0.05) is 0 Å². The molecule has 0 aliphatic rings. The zero-order valence-corrected chi connectivity index (χ0v) is 11.9. The first-order valence-electron chi connectivity index (χ1n) is 5.31. The van der Waals surface area contributed by atoms with Crippen LogP contribution in [0.15, 0.2) is 16.9 Å². The van der Waals surface area contributed by atoms with Crippen LogP contribution in [-0.4, -0.2) is 43.0 Å². The van der Waals surface area contributed by atoms with Crippen LogP contribution in [0.4, 0.5) is 11.4 Å².